The minimum absolute atomic E-state index is 0.0726. The van der Waals surface area contributed by atoms with Crippen LogP contribution in [-0.2, 0) is 16.4 Å². The number of hydrogen-bond acceptors (Lipinski definition) is 5. The molecule has 0 saturated carbocycles. The number of aromatic nitrogens is 2. The molecule has 2 aromatic carbocycles. The standard InChI is InChI=1S/C18H16BrN3O4S/c1-25-15-6-11-7-17-20-10-18(22(17)14(11)9-16(15)26-2)27(23,24)21-13-5-3-4-12(19)8-13/h3-6,8-10,21H,7H2,1-2H3. The molecule has 0 aliphatic carbocycles. The molecule has 0 amide bonds. The second kappa shape index (κ2) is 6.58. The van der Waals surface area contributed by atoms with E-state index in [2.05, 4.69) is 25.6 Å². The first-order valence-electron chi connectivity index (χ1n) is 8.03. The number of halogens is 1. The number of nitrogens with one attached hydrogen (secondary N) is 1. The van der Waals surface area contributed by atoms with Gasteiger partial charge in [-0.1, -0.05) is 22.0 Å². The maximum absolute atomic E-state index is 13.0. The van der Waals surface area contributed by atoms with Crippen molar-refractivity contribution in [2.24, 2.45) is 0 Å². The highest BCUT2D eigenvalue weighted by atomic mass is 79.9. The molecular formula is C18H16BrN3O4S. The minimum Gasteiger partial charge on any atom is -0.493 e. The predicted octanol–water partition coefficient (Wildman–Crippen LogP) is 3.36. The van der Waals surface area contributed by atoms with E-state index in [0.717, 1.165) is 15.7 Å². The highest BCUT2D eigenvalue weighted by Gasteiger charge is 2.30. The molecule has 0 radical (unpaired) electrons. The van der Waals surface area contributed by atoms with E-state index in [4.69, 9.17) is 9.47 Å². The van der Waals surface area contributed by atoms with Crippen molar-refractivity contribution in [3.05, 3.63) is 58.5 Å². The number of rotatable bonds is 5. The third-order valence-corrected chi connectivity index (χ3v) is 6.17. The molecular weight excluding hydrogens is 434 g/mol. The lowest BCUT2D eigenvalue weighted by Crippen LogP contribution is -2.16. The van der Waals surface area contributed by atoms with Gasteiger partial charge in [0.15, 0.2) is 16.5 Å². The number of hydrogen-bond donors (Lipinski definition) is 1. The van der Waals surface area contributed by atoms with Gasteiger partial charge in [0.05, 0.1) is 26.1 Å². The molecule has 3 aromatic rings. The van der Waals surface area contributed by atoms with Crippen molar-refractivity contribution >= 4 is 31.6 Å². The van der Waals surface area contributed by atoms with Crippen molar-refractivity contribution < 1.29 is 17.9 Å². The van der Waals surface area contributed by atoms with Crippen LogP contribution in [0.3, 0.4) is 0 Å². The fourth-order valence-corrected chi connectivity index (χ4v) is 4.71. The Kier molecular flexibility index (Phi) is 4.35. The van der Waals surface area contributed by atoms with Gasteiger partial charge < -0.3 is 9.47 Å². The van der Waals surface area contributed by atoms with Crippen molar-refractivity contribution in [3.8, 4) is 17.2 Å². The van der Waals surface area contributed by atoms with Crippen molar-refractivity contribution in [1.29, 1.82) is 0 Å². The van der Waals surface area contributed by atoms with Gasteiger partial charge in [0.25, 0.3) is 10.0 Å². The van der Waals surface area contributed by atoms with Gasteiger partial charge in [0.1, 0.15) is 5.82 Å². The summed E-state index contributed by atoms with van der Waals surface area (Å²) < 4.78 is 41.7. The molecule has 9 heteroatoms. The second-order valence-corrected chi connectivity index (χ2v) is 8.52. The van der Waals surface area contributed by atoms with Crippen LogP contribution in [-0.4, -0.2) is 32.2 Å². The van der Waals surface area contributed by atoms with E-state index in [-0.39, 0.29) is 5.03 Å². The Morgan fingerprint density at radius 3 is 2.59 bits per heavy atom. The molecule has 0 bridgehead atoms. The van der Waals surface area contributed by atoms with Gasteiger partial charge in [-0.25, -0.2) is 4.98 Å². The number of anilines is 1. The molecule has 0 atom stereocenters. The number of methoxy groups -OCH3 is 2. The van der Waals surface area contributed by atoms with E-state index in [1.807, 2.05) is 12.1 Å². The highest BCUT2D eigenvalue weighted by molar-refractivity contribution is 9.10. The SMILES string of the molecule is COc1cc2c(cc1OC)-n1c(S(=O)(=O)Nc3cccc(Br)c3)cnc1C2. The molecule has 1 aliphatic rings. The Labute approximate surface area is 165 Å². The van der Waals surface area contributed by atoms with Gasteiger partial charge in [-0.05, 0) is 29.8 Å². The fraction of sp³-hybridized carbons (Fsp3) is 0.167. The lowest BCUT2D eigenvalue weighted by molar-refractivity contribution is 0.354. The summed E-state index contributed by atoms with van der Waals surface area (Å²) in [5.41, 5.74) is 2.11. The molecule has 0 unspecified atom stereocenters. The third kappa shape index (κ3) is 3.06. The van der Waals surface area contributed by atoms with E-state index in [1.165, 1.54) is 6.20 Å². The number of nitrogens with zero attached hydrogens (tertiary/aromatic N) is 2. The first kappa shape index (κ1) is 17.9. The number of benzene rings is 2. The van der Waals surface area contributed by atoms with Crippen LogP contribution < -0.4 is 14.2 Å². The largest absolute Gasteiger partial charge is 0.493 e. The normalized spacial score (nSPS) is 12.4. The molecule has 0 saturated heterocycles. The highest BCUT2D eigenvalue weighted by Crippen LogP contribution is 2.38. The molecule has 7 nitrogen and oxygen atoms in total. The Morgan fingerprint density at radius 1 is 1.15 bits per heavy atom. The van der Waals surface area contributed by atoms with Gasteiger partial charge in [-0.2, -0.15) is 8.42 Å². The summed E-state index contributed by atoms with van der Waals surface area (Å²) in [6, 6.07) is 10.6. The van der Waals surface area contributed by atoms with Gasteiger partial charge >= 0.3 is 0 Å². The average Bonchev–Trinajstić information content (AvgIpc) is 3.19. The van der Waals surface area contributed by atoms with Crippen LogP contribution in [0, 0.1) is 0 Å². The van der Waals surface area contributed by atoms with Gasteiger partial charge in [-0.3, -0.25) is 9.29 Å². The van der Waals surface area contributed by atoms with Crippen LogP contribution in [0.15, 0.2) is 52.1 Å². The molecule has 0 fully saturated rings. The first-order chi connectivity index (χ1) is 12.9. The molecule has 0 spiro atoms. The van der Waals surface area contributed by atoms with Gasteiger partial charge in [0, 0.05) is 22.6 Å². The topological polar surface area (TPSA) is 82.5 Å². The summed E-state index contributed by atoms with van der Waals surface area (Å²) in [5, 5.41) is 0.0726. The third-order valence-electron chi connectivity index (χ3n) is 4.33. The summed E-state index contributed by atoms with van der Waals surface area (Å²) in [6.45, 7) is 0. The second-order valence-electron chi connectivity index (χ2n) is 5.98. The lowest BCUT2D eigenvalue weighted by Gasteiger charge is -2.13. The van der Waals surface area contributed by atoms with E-state index >= 15 is 0 Å². The molecule has 1 aromatic heterocycles. The number of imidazole rings is 1. The first-order valence-corrected chi connectivity index (χ1v) is 10.3. The van der Waals surface area contributed by atoms with Gasteiger partial charge in [-0.15, -0.1) is 0 Å². The van der Waals surface area contributed by atoms with E-state index in [1.54, 1.807) is 43.1 Å². The Balaban J connectivity index is 1.79. The summed E-state index contributed by atoms with van der Waals surface area (Å²) >= 11 is 3.34. The van der Waals surface area contributed by atoms with Crippen molar-refractivity contribution in [2.75, 3.05) is 18.9 Å². The predicted molar refractivity (Wildman–Crippen MR) is 104 cm³/mol. The maximum Gasteiger partial charge on any atom is 0.279 e. The zero-order chi connectivity index (χ0) is 19.2. The van der Waals surface area contributed by atoms with Crippen LogP contribution in [0.5, 0.6) is 11.5 Å². The monoisotopic (exact) mass is 449 g/mol. The molecule has 1 N–H and O–H groups in total. The molecule has 27 heavy (non-hydrogen) atoms. The Morgan fingerprint density at radius 2 is 1.89 bits per heavy atom. The molecule has 140 valence electrons. The zero-order valence-electron chi connectivity index (χ0n) is 14.6. The minimum atomic E-state index is -3.83. The van der Waals surface area contributed by atoms with Crippen LogP contribution >= 0.6 is 15.9 Å². The van der Waals surface area contributed by atoms with Crippen molar-refractivity contribution in [2.45, 2.75) is 11.4 Å². The number of sulfonamides is 1. The number of fused-ring (bicyclic) bond motifs is 3. The van der Waals surface area contributed by atoms with E-state index < -0.39 is 10.0 Å². The molecule has 4 rings (SSSR count). The maximum atomic E-state index is 13.0. The summed E-state index contributed by atoms with van der Waals surface area (Å²) in [4.78, 5) is 4.30. The van der Waals surface area contributed by atoms with E-state index in [0.29, 0.717) is 29.4 Å². The summed E-state index contributed by atoms with van der Waals surface area (Å²) in [6.07, 6.45) is 1.89. The van der Waals surface area contributed by atoms with Crippen LogP contribution in [0.4, 0.5) is 5.69 Å². The summed E-state index contributed by atoms with van der Waals surface area (Å²) in [7, 11) is -0.725. The quantitative estimate of drug-likeness (QED) is 0.504. The lowest BCUT2D eigenvalue weighted by atomic mass is 10.1. The Bertz CT molecular complexity index is 1140. The molecule has 1 aliphatic heterocycles. The van der Waals surface area contributed by atoms with Gasteiger partial charge in [0.2, 0.25) is 0 Å². The molecule has 2 heterocycles. The van der Waals surface area contributed by atoms with E-state index in [9.17, 15) is 8.42 Å². The van der Waals surface area contributed by atoms with Crippen molar-refractivity contribution in [3.63, 3.8) is 0 Å². The fourth-order valence-electron chi connectivity index (χ4n) is 3.13. The average molecular weight is 450 g/mol. The zero-order valence-corrected chi connectivity index (χ0v) is 17.0. The van der Waals surface area contributed by atoms with Crippen LogP contribution in [0.2, 0.25) is 0 Å². The van der Waals surface area contributed by atoms with Crippen LogP contribution in [0.25, 0.3) is 5.69 Å². The van der Waals surface area contributed by atoms with Crippen molar-refractivity contribution in [1.82, 2.24) is 9.55 Å². The van der Waals surface area contributed by atoms with Crippen LogP contribution in [0.1, 0.15) is 11.4 Å². The smallest absolute Gasteiger partial charge is 0.279 e. The summed E-state index contributed by atoms with van der Waals surface area (Å²) in [5.74, 6) is 1.77. The number of ether oxygens (including phenoxy) is 2. The Hall–Kier alpha value is -2.52.